The van der Waals surface area contributed by atoms with E-state index < -0.39 is 0 Å². The van der Waals surface area contributed by atoms with Crippen LogP contribution in [0, 0.1) is 6.92 Å². The molecule has 18 heavy (non-hydrogen) atoms. The first-order valence-corrected chi connectivity index (χ1v) is 6.82. The second-order valence-electron chi connectivity index (χ2n) is 4.69. The monoisotopic (exact) mass is 303 g/mol. The second kappa shape index (κ2) is 4.69. The zero-order chi connectivity index (χ0) is 12.5. The van der Waals surface area contributed by atoms with E-state index in [1.54, 1.807) is 12.4 Å². The number of benzene rings is 1. The van der Waals surface area contributed by atoms with Gasteiger partial charge in [-0.2, -0.15) is 0 Å². The third-order valence-electron chi connectivity index (χ3n) is 3.18. The van der Waals surface area contributed by atoms with Crippen molar-refractivity contribution < 1.29 is 0 Å². The van der Waals surface area contributed by atoms with E-state index in [1.165, 1.54) is 5.56 Å². The molecule has 0 saturated heterocycles. The first-order valence-electron chi connectivity index (χ1n) is 6.03. The Balaban J connectivity index is 1.66. The van der Waals surface area contributed by atoms with Crippen molar-refractivity contribution in [3.63, 3.8) is 0 Å². The molecular weight excluding hydrogens is 290 g/mol. The third-order valence-corrected chi connectivity index (χ3v) is 3.71. The Morgan fingerprint density at radius 3 is 2.72 bits per heavy atom. The Kier molecular flexibility index (Phi) is 3.04. The van der Waals surface area contributed by atoms with Crippen LogP contribution in [0.1, 0.15) is 23.6 Å². The van der Waals surface area contributed by atoms with Gasteiger partial charge in [-0.25, -0.2) is 4.98 Å². The quantitative estimate of drug-likeness (QED) is 0.943. The summed E-state index contributed by atoms with van der Waals surface area (Å²) in [6.07, 6.45) is 4.71. The van der Waals surface area contributed by atoms with Crippen molar-refractivity contribution in [3.05, 3.63) is 52.4 Å². The molecule has 2 aromatic rings. The van der Waals surface area contributed by atoms with Gasteiger partial charge in [-0.15, -0.1) is 0 Å². The molecule has 1 saturated carbocycles. The van der Waals surface area contributed by atoms with Crippen LogP contribution < -0.4 is 5.32 Å². The molecule has 92 valence electrons. The number of aryl methyl sites for hydroxylation is 1. The Hall–Kier alpha value is -1.42. The van der Waals surface area contributed by atoms with E-state index in [0.717, 1.165) is 22.4 Å². The van der Waals surface area contributed by atoms with E-state index in [2.05, 4.69) is 55.5 Å². The van der Waals surface area contributed by atoms with Gasteiger partial charge in [0.1, 0.15) is 5.82 Å². The molecule has 1 heterocycles. The van der Waals surface area contributed by atoms with Crippen molar-refractivity contribution in [1.29, 1.82) is 0 Å². The van der Waals surface area contributed by atoms with Crippen molar-refractivity contribution in [3.8, 4) is 0 Å². The zero-order valence-electron chi connectivity index (χ0n) is 10.1. The normalized spacial score (nSPS) is 21.7. The lowest BCUT2D eigenvalue weighted by Gasteiger charge is -2.05. The van der Waals surface area contributed by atoms with Gasteiger partial charge in [-0.1, -0.05) is 28.1 Å². The van der Waals surface area contributed by atoms with Crippen LogP contribution in [0.15, 0.2) is 41.1 Å². The van der Waals surface area contributed by atoms with Gasteiger partial charge in [0.05, 0.1) is 11.9 Å². The van der Waals surface area contributed by atoms with Crippen LogP contribution in [0.25, 0.3) is 0 Å². The predicted octanol–water partition coefficient (Wildman–Crippen LogP) is 3.52. The first kappa shape index (κ1) is 11.7. The highest BCUT2D eigenvalue weighted by Gasteiger charge is 2.38. The number of aromatic nitrogens is 2. The molecule has 1 aliphatic rings. The number of nitrogens with zero attached hydrogens (tertiary/aromatic N) is 2. The summed E-state index contributed by atoms with van der Waals surface area (Å²) in [5, 5.41) is 3.43. The van der Waals surface area contributed by atoms with Crippen molar-refractivity contribution in [2.45, 2.75) is 25.3 Å². The molecule has 1 aromatic carbocycles. The van der Waals surface area contributed by atoms with Crippen LogP contribution >= 0.6 is 15.9 Å². The summed E-state index contributed by atoms with van der Waals surface area (Å²) in [7, 11) is 0. The van der Waals surface area contributed by atoms with Gasteiger partial charge in [-0.05, 0) is 31.0 Å². The van der Waals surface area contributed by atoms with Gasteiger partial charge < -0.3 is 5.32 Å². The molecule has 0 bridgehead atoms. The highest BCUT2D eigenvalue weighted by molar-refractivity contribution is 9.10. The molecule has 1 N–H and O–H groups in total. The number of hydrogen-bond acceptors (Lipinski definition) is 3. The average Bonchev–Trinajstić information content (AvgIpc) is 3.09. The standard InChI is InChI=1S/C14H14BrN3/c1-9-7-16-8-14(17-9)18-13-6-12(13)10-2-4-11(15)5-3-10/h2-5,7-8,12-13H,6H2,1H3,(H,17,18). The molecule has 0 amide bonds. The summed E-state index contributed by atoms with van der Waals surface area (Å²) in [5.41, 5.74) is 2.33. The molecule has 4 heteroatoms. The van der Waals surface area contributed by atoms with Gasteiger partial charge >= 0.3 is 0 Å². The lowest BCUT2D eigenvalue weighted by Crippen LogP contribution is -2.06. The van der Waals surface area contributed by atoms with Crippen LogP contribution in [-0.4, -0.2) is 16.0 Å². The Morgan fingerprint density at radius 2 is 2.00 bits per heavy atom. The van der Waals surface area contributed by atoms with Crippen molar-refractivity contribution in [2.24, 2.45) is 0 Å². The van der Waals surface area contributed by atoms with Crippen LogP contribution in [0.5, 0.6) is 0 Å². The van der Waals surface area contributed by atoms with Crippen LogP contribution in [-0.2, 0) is 0 Å². The van der Waals surface area contributed by atoms with Crippen LogP contribution in [0.2, 0.25) is 0 Å². The van der Waals surface area contributed by atoms with E-state index >= 15 is 0 Å². The average molecular weight is 304 g/mol. The van der Waals surface area contributed by atoms with E-state index in [9.17, 15) is 0 Å². The minimum absolute atomic E-state index is 0.488. The third kappa shape index (κ3) is 2.53. The molecule has 1 aliphatic carbocycles. The minimum atomic E-state index is 0.488. The van der Waals surface area contributed by atoms with Gasteiger partial charge in [-0.3, -0.25) is 4.98 Å². The molecular formula is C14H14BrN3. The Labute approximate surface area is 115 Å². The Morgan fingerprint density at radius 1 is 1.22 bits per heavy atom. The summed E-state index contributed by atoms with van der Waals surface area (Å²) in [4.78, 5) is 8.56. The highest BCUT2D eigenvalue weighted by atomic mass is 79.9. The summed E-state index contributed by atoms with van der Waals surface area (Å²) in [5.74, 6) is 1.47. The Bertz CT molecular complexity index is 553. The van der Waals surface area contributed by atoms with Gasteiger partial charge in [0.15, 0.2) is 0 Å². The second-order valence-corrected chi connectivity index (χ2v) is 5.61. The summed E-state index contributed by atoms with van der Waals surface area (Å²) >= 11 is 3.46. The van der Waals surface area contributed by atoms with Crippen molar-refractivity contribution >= 4 is 21.7 Å². The lowest BCUT2D eigenvalue weighted by molar-refractivity contribution is 1.01. The number of rotatable bonds is 3. The molecule has 0 spiro atoms. The number of anilines is 1. The molecule has 1 aromatic heterocycles. The number of nitrogens with one attached hydrogen (secondary N) is 1. The minimum Gasteiger partial charge on any atom is -0.365 e. The van der Waals surface area contributed by atoms with Gasteiger partial charge in [0.25, 0.3) is 0 Å². The molecule has 3 rings (SSSR count). The maximum Gasteiger partial charge on any atom is 0.145 e. The molecule has 3 nitrogen and oxygen atoms in total. The van der Waals surface area contributed by atoms with E-state index in [-0.39, 0.29) is 0 Å². The summed E-state index contributed by atoms with van der Waals surface area (Å²) in [6.45, 7) is 1.96. The molecule has 0 aliphatic heterocycles. The van der Waals surface area contributed by atoms with Crippen molar-refractivity contribution in [1.82, 2.24) is 9.97 Å². The smallest absolute Gasteiger partial charge is 0.145 e. The van der Waals surface area contributed by atoms with E-state index in [0.29, 0.717) is 12.0 Å². The zero-order valence-corrected chi connectivity index (χ0v) is 11.7. The number of halogens is 1. The predicted molar refractivity (Wildman–Crippen MR) is 75.7 cm³/mol. The highest BCUT2D eigenvalue weighted by Crippen LogP contribution is 2.42. The van der Waals surface area contributed by atoms with Gasteiger partial charge in [0.2, 0.25) is 0 Å². The summed E-state index contributed by atoms with van der Waals surface area (Å²) < 4.78 is 1.13. The van der Waals surface area contributed by atoms with Crippen LogP contribution in [0.4, 0.5) is 5.82 Å². The molecule has 0 radical (unpaired) electrons. The SMILES string of the molecule is Cc1cncc(NC2CC2c2ccc(Br)cc2)n1. The topological polar surface area (TPSA) is 37.8 Å². The molecule has 2 atom stereocenters. The van der Waals surface area contributed by atoms with Gasteiger partial charge in [0, 0.05) is 22.6 Å². The van der Waals surface area contributed by atoms with Crippen molar-refractivity contribution in [2.75, 3.05) is 5.32 Å². The molecule has 2 unspecified atom stereocenters. The largest absolute Gasteiger partial charge is 0.365 e. The van der Waals surface area contributed by atoms with E-state index in [4.69, 9.17) is 0 Å². The fraction of sp³-hybridized carbons (Fsp3) is 0.286. The number of hydrogen-bond donors (Lipinski definition) is 1. The van der Waals surface area contributed by atoms with Crippen LogP contribution in [0.3, 0.4) is 0 Å². The maximum atomic E-state index is 4.41. The molecule has 1 fully saturated rings. The maximum absolute atomic E-state index is 4.41. The fourth-order valence-electron chi connectivity index (χ4n) is 2.16. The fourth-order valence-corrected chi connectivity index (χ4v) is 2.42. The lowest BCUT2D eigenvalue weighted by atomic mass is 10.1. The first-order chi connectivity index (χ1) is 8.72. The van der Waals surface area contributed by atoms with E-state index in [1.807, 2.05) is 6.92 Å². The summed E-state index contributed by atoms with van der Waals surface area (Å²) in [6, 6.07) is 9.03.